The predicted octanol–water partition coefficient (Wildman–Crippen LogP) is 2.04. The molecule has 1 aliphatic rings. The van der Waals surface area contributed by atoms with Crippen LogP contribution in [0.4, 0.5) is 0 Å². The Kier molecular flexibility index (Phi) is 4.81. The van der Waals surface area contributed by atoms with Gasteiger partial charge in [-0.15, -0.1) is 0 Å². The molecule has 1 aliphatic heterocycles. The van der Waals surface area contributed by atoms with Crippen LogP contribution in [0, 0.1) is 6.92 Å². The molecule has 4 heteroatoms. The zero-order chi connectivity index (χ0) is 15.6. The van der Waals surface area contributed by atoms with E-state index in [0.29, 0.717) is 13.1 Å². The van der Waals surface area contributed by atoms with Crippen LogP contribution >= 0.6 is 0 Å². The van der Waals surface area contributed by atoms with E-state index >= 15 is 0 Å². The molecule has 0 saturated carbocycles. The number of aliphatic hydroxyl groups excluding tert-OH is 1. The van der Waals surface area contributed by atoms with Crippen molar-refractivity contribution in [1.82, 2.24) is 4.90 Å². The number of aryl methyl sites for hydroxylation is 1. The normalized spacial score (nSPS) is 23.8. The molecule has 116 valence electrons. The molecule has 0 amide bonds. The molecule has 1 saturated heterocycles. The lowest BCUT2D eigenvalue weighted by Gasteiger charge is -2.44. The Hall–Kier alpha value is -1.23. The van der Waals surface area contributed by atoms with Crippen LogP contribution in [0.15, 0.2) is 24.3 Å². The van der Waals surface area contributed by atoms with Crippen LogP contribution in [0.1, 0.15) is 36.7 Å². The first kappa shape index (κ1) is 16.1. The SMILES string of the molecule is Cc1ccc(C(=O)C(C)N2CC(CO)OC(C)(C)C2)cc1. The Morgan fingerprint density at radius 1 is 1.43 bits per heavy atom. The van der Waals surface area contributed by atoms with Crippen LogP contribution in [0.25, 0.3) is 0 Å². The number of hydrogen-bond donors (Lipinski definition) is 1. The maximum absolute atomic E-state index is 12.6. The standard InChI is InChI=1S/C17H25NO3/c1-12-5-7-14(8-6-12)16(20)13(2)18-9-15(10-19)21-17(3,4)11-18/h5-8,13,15,19H,9-11H2,1-4H3. The molecule has 2 rings (SSSR count). The van der Waals surface area contributed by atoms with E-state index in [1.165, 1.54) is 0 Å². The summed E-state index contributed by atoms with van der Waals surface area (Å²) in [4.78, 5) is 14.7. The van der Waals surface area contributed by atoms with Gasteiger partial charge in [0.1, 0.15) is 0 Å². The van der Waals surface area contributed by atoms with Gasteiger partial charge in [0.05, 0.1) is 24.4 Å². The van der Waals surface area contributed by atoms with Crippen LogP contribution < -0.4 is 0 Å². The monoisotopic (exact) mass is 291 g/mol. The van der Waals surface area contributed by atoms with Gasteiger partial charge in [-0.3, -0.25) is 9.69 Å². The average molecular weight is 291 g/mol. The van der Waals surface area contributed by atoms with Crippen LogP contribution in [-0.2, 0) is 4.74 Å². The Morgan fingerprint density at radius 2 is 2.05 bits per heavy atom. The molecule has 0 bridgehead atoms. The first-order chi connectivity index (χ1) is 9.82. The molecule has 21 heavy (non-hydrogen) atoms. The van der Waals surface area contributed by atoms with Crippen molar-refractivity contribution in [2.75, 3.05) is 19.7 Å². The summed E-state index contributed by atoms with van der Waals surface area (Å²) in [6, 6.07) is 7.45. The predicted molar refractivity (Wildman–Crippen MR) is 82.6 cm³/mol. The second-order valence-corrected chi connectivity index (χ2v) is 6.52. The number of ketones is 1. The quantitative estimate of drug-likeness (QED) is 0.863. The van der Waals surface area contributed by atoms with Crippen molar-refractivity contribution in [3.63, 3.8) is 0 Å². The Morgan fingerprint density at radius 3 is 2.62 bits per heavy atom. The third-order valence-electron chi connectivity index (χ3n) is 3.97. The minimum atomic E-state index is -0.354. The lowest BCUT2D eigenvalue weighted by Crippen LogP contribution is -2.57. The van der Waals surface area contributed by atoms with Crippen LogP contribution in [0.3, 0.4) is 0 Å². The summed E-state index contributed by atoms with van der Waals surface area (Å²) in [5, 5.41) is 9.37. The van der Waals surface area contributed by atoms with E-state index in [0.717, 1.165) is 11.1 Å². The van der Waals surface area contributed by atoms with E-state index in [4.69, 9.17) is 4.74 Å². The summed E-state index contributed by atoms with van der Waals surface area (Å²) in [6.45, 7) is 9.16. The van der Waals surface area contributed by atoms with Gasteiger partial charge in [0, 0.05) is 18.7 Å². The van der Waals surface area contributed by atoms with Gasteiger partial charge in [0.25, 0.3) is 0 Å². The fourth-order valence-electron chi connectivity index (χ4n) is 2.86. The zero-order valence-electron chi connectivity index (χ0n) is 13.3. The van der Waals surface area contributed by atoms with Crippen molar-refractivity contribution in [2.45, 2.75) is 45.4 Å². The van der Waals surface area contributed by atoms with Gasteiger partial charge in [0.15, 0.2) is 5.78 Å². The number of rotatable bonds is 4. The fourth-order valence-corrected chi connectivity index (χ4v) is 2.86. The summed E-state index contributed by atoms with van der Waals surface area (Å²) in [5.74, 6) is 0.115. The zero-order valence-corrected chi connectivity index (χ0v) is 13.3. The molecule has 1 aromatic carbocycles. The van der Waals surface area contributed by atoms with Crippen molar-refractivity contribution < 1.29 is 14.6 Å². The van der Waals surface area contributed by atoms with Gasteiger partial charge in [0.2, 0.25) is 0 Å². The van der Waals surface area contributed by atoms with E-state index in [1.54, 1.807) is 0 Å². The summed E-state index contributed by atoms with van der Waals surface area (Å²) in [7, 11) is 0. The highest BCUT2D eigenvalue weighted by Crippen LogP contribution is 2.23. The number of carbonyl (C=O) groups is 1. The second kappa shape index (κ2) is 6.26. The number of Topliss-reactive ketones (excluding diaryl/α,β-unsaturated/α-hetero) is 1. The van der Waals surface area contributed by atoms with Crippen molar-refractivity contribution >= 4 is 5.78 Å². The molecule has 0 aliphatic carbocycles. The summed E-state index contributed by atoms with van der Waals surface area (Å²) < 4.78 is 5.80. The van der Waals surface area contributed by atoms with Gasteiger partial charge < -0.3 is 9.84 Å². The lowest BCUT2D eigenvalue weighted by molar-refractivity contribution is -0.152. The second-order valence-electron chi connectivity index (χ2n) is 6.52. The number of aliphatic hydroxyl groups is 1. The highest BCUT2D eigenvalue weighted by Gasteiger charge is 2.36. The number of ether oxygens (including phenoxy) is 1. The van der Waals surface area contributed by atoms with Crippen molar-refractivity contribution in [3.8, 4) is 0 Å². The first-order valence-electron chi connectivity index (χ1n) is 7.46. The molecular formula is C17H25NO3. The molecule has 1 fully saturated rings. The van der Waals surface area contributed by atoms with Gasteiger partial charge >= 0.3 is 0 Å². The van der Waals surface area contributed by atoms with Crippen molar-refractivity contribution in [3.05, 3.63) is 35.4 Å². The number of carbonyl (C=O) groups excluding carboxylic acids is 1. The molecule has 4 nitrogen and oxygen atoms in total. The maximum Gasteiger partial charge on any atom is 0.179 e. The van der Waals surface area contributed by atoms with E-state index in [1.807, 2.05) is 52.0 Å². The lowest BCUT2D eigenvalue weighted by atomic mass is 9.98. The Labute approximate surface area is 126 Å². The van der Waals surface area contributed by atoms with Crippen LogP contribution in [0.2, 0.25) is 0 Å². The molecule has 2 atom stereocenters. The highest BCUT2D eigenvalue weighted by molar-refractivity contribution is 5.99. The maximum atomic E-state index is 12.6. The van der Waals surface area contributed by atoms with Crippen LogP contribution in [0.5, 0.6) is 0 Å². The van der Waals surface area contributed by atoms with Crippen LogP contribution in [-0.4, -0.2) is 53.2 Å². The highest BCUT2D eigenvalue weighted by atomic mass is 16.5. The third-order valence-corrected chi connectivity index (χ3v) is 3.97. The minimum absolute atomic E-state index is 0.0224. The number of hydrogen-bond acceptors (Lipinski definition) is 4. The molecule has 1 heterocycles. The molecular weight excluding hydrogens is 266 g/mol. The summed E-state index contributed by atoms with van der Waals surface area (Å²) in [6.07, 6.45) is -0.234. The largest absolute Gasteiger partial charge is 0.394 e. The van der Waals surface area contributed by atoms with Crippen molar-refractivity contribution in [2.24, 2.45) is 0 Å². The number of nitrogens with zero attached hydrogens (tertiary/aromatic N) is 1. The van der Waals surface area contributed by atoms with Gasteiger partial charge in [-0.05, 0) is 27.7 Å². The van der Waals surface area contributed by atoms with E-state index < -0.39 is 0 Å². The Bertz CT molecular complexity index is 495. The molecule has 1 N–H and O–H groups in total. The number of morpholine rings is 1. The van der Waals surface area contributed by atoms with Gasteiger partial charge in [-0.25, -0.2) is 0 Å². The topological polar surface area (TPSA) is 49.8 Å². The van der Waals surface area contributed by atoms with Crippen molar-refractivity contribution in [1.29, 1.82) is 0 Å². The molecule has 2 unspecified atom stereocenters. The molecule has 0 aromatic heterocycles. The third kappa shape index (κ3) is 3.90. The first-order valence-corrected chi connectivity index (χ1v) is 7.46. The average Bonchev–Trinajstić information content (AvgIpc) is 2.44. The van der Waals surface area contributed by atoms with E-state index in [2.05, 4.69) is 4.90 Å². The molecule has 0 radical (unpaired) electrons. The van der Waals surface area contributed by atoms with E-state index in [9.17, 15) is 9.90 Å². The Balaban J connectivity index is 2.12. The molecule has 1 aromatic rings. The van der Waals surface area contributed by atoms with E-state index in [-0.39, 0.29) is 30.1 Å². The summed E-state index contributed by atoms with van der Waals surface area (Å²) in [5.41, 5.74) is 1.53. The van der Waals surface area contributed by atoms with Gasteiger partial charge in [-0.1, -0.05) is 29.8 Å². The smallest absolute Gasteiger partial charge is 0.179 e. The number of benzene rings is 1. The van der Waals surface area contributed by atoms with Gasteiger partial charge in [-0.2, -0.15) is 0 Å². The molecule has 0 spiro atoms. The summed E-state index contributed by atoms with van der Waals surface area (Å²) >= 11 is 0. The minimum Gasteiger partial charge on any atom is -0.394 e. The fraction of sp³-hybridized carbons (Fsp3) is 0.588.